The smallest absolute Gasteiger partial charge is 0.317 e. The molecule has 6 heteroatoms. The molecule has 1 saturated heterocycles. The number of nitrogens with one attached hydrogen (secondary N) is 2. The van der Waals surface area contributed by atoms with Crippen LogP contribution in [-0.2, 0) is 4.79 Å². The summed E-state index contributed by atoms with van der Waals surface area (Å²) >= 11 is 0. The molecule has 0 aliphatic carbocycles. The normalized spacial score (nSPS) is 14.4. The molecule has 148 valence electrons. The van der Waals surface area contributed by atoms with E-state index in [1.807, 2.05) is 61.5 Å². The average molecular weight is 381 g/mol. The standard InChI is InChI=1S/C22H27N3O3/c1-17-7-9-20(10-8-17)28-16-13-23-22(27)25-14-11-18(12-15-25)21(26)24-19-5-3-2-4-6-19/h2-10,18H,11-16H2,1H3,(H,23,27)(H,24,26). The first-order valence-electron chi connectivity index (χ1n) is 9.70. The van der Waals surface area contributed by atoms with E-state index in [1.165, 1.54) is 5.56 Å². The zero-order valence-electron chi connectivity index (χ0n) is 16.2. The lowest BCUT2D eigenvalue weighted by atomic mass is 9.96. The van der Waals surface area contributed by atoms with E-state index in [9.17, 15) is 9.59 Å². The number of rotatable bonds is 6. The second-order valence-corrected chi connectivity index (χ2v) is 7.01. The Morgan fingerprint density at radius 2 is 1.71 bits per heavy atom. The fraction of sp³-hybridized carbons (Fsp3) is 0.364. The second kappa shape index (κ2) is 9.78. The van der Waals surface area contributed by atoms with Gasteiger partial charge < -0.3 is 20.3 Å². The van der Waals surface area contributed by atoms with Gasteiger partial charge in [-0.1, -0.05) is 35.9 Å². The van der Waals surface area contributed by atoms with E-state index in [4.69, 9.17) is 4.74 Å². The van der Waals surface area contributed by atoms with E-state index >= 15 is 0 Å². The number of carbonyl (C=O) groups excluding carboxylic acids is 2. The van der Waals surface area contributed by atoms with Gasteiger partial charge >= 0.3 is 6.03 Å². The molecule has 1 heterocycles. The Bertz CT molecular complexity index is 769. The number of aryl methyl sites for hydroxylation is 1. The van der Waals surface area contributed by atoms with Crippen molar-refractivity contribution < 1.29 is 14.3 Å². The number of carbonyl (C=O) groups is 2. The fourth-order valence-corrected chi connectivity index (χ4v) is 3.18. The minimum atomic E-state index is -0.102. The monoisotopic (exact) mass is 381 g/mol. The number of hydrogen-bond donors (Lipinski definition) is 2. The van der Waals surface area contributed by atoms with E-state index in [1.54, 1.807) is 4.90 Å². The summed E-state index contributed by atoms with van der Waals surface area (Å²) in [4.78, 5) is 26.4. The van der Waals surface area contributed by atoms with E-state index in [0.29, 0.717) is 39.1 Å². The summed E-state index contributed by atoms with van der Waals surface area (Å²) in [5.41, 5.74) is 1.99. The molecule has 2 aromatic carbocycles. The summed E-state index contributed by atoms with van der Waals surface area (Å²) in [5.74, 6) is 0.761. The van der Waals surface area contributed by atoms with Crippen LogP contribution in [0, 0.1) is 12.8 Å². The lowest BCUT2D eigenvalue weighted by Crippen LogP contribution is -2.46. The maximum absolute atomic E-state index is 12.4. The van der Waals surface area contributed by atoms with Crippen LogP contribution >= 0.6 is 0 Å². The molecular weight excluding hydrogens is 354 g/mol. The molecule has 2 aromatic rings. The van der Waals surface area contributed by atoms with Crippen LogP contribution in [0.3, 0.4) is 0 Å². The molecule has 1 aliphatic heterocycles. The van der Waals surface area contributed by atoms with Gasteiger partial charge in [0.2, 0.25) is 5.91 Å². The third kappa shape index (κ3) is 5.74. The Morgan fingerprint density at radius 1 is 1.04 bits per heavy atom. The molecule has 0 aromatic heterocycles. The van der Waals surface area contributed by atoms with Crippen molar-refractivity contribution in [2.24, 2.45) is 5.92 Å². The third-order valence-corrected chi connectivity index (χ3v) is 4.86. The predicted molar refractivity (Wildman–Crippen MR) is 109 cm³/mol. The minimum Gasteiger partial charge on any atom is -0.492 e. The molecule has 1 aliphatic rings. The van der Waals surface area contributed by atoms with Gasteiger partial charge in [-0.15, -0.1) is 0 Å². The van der Waals surface area contributed by atoms with Crippen molar-refractivity contribution in [3.05, 3.63) is 60.2 Å². The number of amides is 3. The van der Waals surface area contributed by atoms with Crippen LogP contribution in [0.1, 0.15) is 18.4 Å². The Kier molecular flexibility index (Phi) is 6.89. The Morgan fingerprint density at radius 3 is 2.39 bits per heavy atom. The molecular formula is C22H27N3O3. The molecule has 3 amide bonds. The number of ether oxygens (including phenoxy) is 1. The molecule has 0 spiro atoms. The molecule has 28 heavy (non-hydrogen) atoms. The number of urea groups is 1. The summed E-state index contributed by atoms with van der Waals surface area (Å²) in [6, 6.07) is 17.2. The lowest BCUT2D eigenvalue weighted by Gasteiger charge is -2.31. The topological polar surface area (TPSA) is 70.7 Å². The second-order valence-electron chi connectivity index (χ2n) is 7.01. The number of para-hydroxylation sites is 1. The van der Waals surface area contributed by atoms with Crippen molar-refractivity contribution in [1.29, 1.82) is 0 Å². The molecule has 0 bridgehead atoms. The van der Waals surface area contributed by atoms with Crippen LogP contribution in [0.5, 0.6) is 5.75 Å². The summed E-state index contributed by atoms with van der Waals surface area (Å²) in [7, 11) is 0. The number of nitrogens with zero attached hydrogens (tertiary/aromatic N) is 1. The van der Waals surface area contributed by atoms with E-state index < -0.39 is 0 Å². The number of piperidine rings is 1. The maximum Gasteiger partial charge on any atom is 0.317 e. The fourth-order valence-electron chi connectivity index (χ4n) is 3.18. The average Bonchev–Trinajstić information content (AvgIpc) is 2.73. The van der Waals surface area contributed by atoms with Crippen LogP contribution in [0.25, 0.3) is 0 Å². The van der Waals surface area contributed by atoms with Gasteiger partial charge in [0, 0.05) is 24.7 Å². The van der Waals surface area contributed by atoms with Crippen LogP contribution in [0.2, 0.25) is 0 Å². The van der Waals surface area contributed by atoms with Gasteiger partial charge in [0.05, 0.1) is 6.54 Å². The molecule has 3 rings (SSSR count). The Labute approximate surface area is 165 Å². The first-order chi connectivity index (χ1) is 13.6. The van der Waals surface area contributed by atoms with Crippen molar-refractivity contribution >= 4 is 17.6 Å². The highest BCUT2D eigenvalue weighted by Gasteiger charge is 2.27. The van der Waals surface area contributed by atoms with Gasteiger partial charge in [-0.2, -0.15) is 0 Å². The third-order valence-electron chi connectivity index (χ3n) is 4.86. The van der Waals surface area contributed by atoms with Gasteiger partial charge in [0.25, 0.3) is 0 Å². The van der Waals surface area contributed by atoms with Crippen molar-refractivity contribution in [2.45, 2.75) is 19.8 Å². The maximum atomic E-state index is 12.4. The molecule has 0 saturated carbocycles. The van der Waals surface area contributed by atoms with E-state index in [0.717, 1.165) is 11.4 Å². The number of hydrogen-bond acceptors (Lipinski definition) is 3. The van der Waals surface area contributed by atoms with Gasteiger partial charge in [-0.3, -0.25) is 4.79 Å². The van der Waals surface area contributed by atoms with Crippen molar-refractivity contribution in [3.63, 3.8) is 0 Å². The summed E-state index contributed by atoms with van der Waals surface area (Å²) in [5, 5.41) is 5.82. The van der Waals surface area contributed by atoms with Gasteiger partial charge in [0.15, 0.2) is 0 Å². The number of anilines is 1. The molecule has 0 unspecified atom stereocenters. The quantitative estimate of drug-likeness (QED) is 0.753. The lowest BCUT2D eigenvalue weighted by molar-refractivity contribution is -0.121. The highest BCUT2D eigenvalue weighted by molar-refractivity contribution is 5.92. The summed E-state index contributed by atoms with van der Waals surface area (Å²) < 4.78 is 5.62. The number of benzene rings is 2. The van der Waals surface area contributed by atoms with Gasteiger partial charge in [0.1, 0.15) is 12.4 Å². The molecule has 1 fully saturated rings. The van der Waals surface area contributed by atoms with Crippen molar-refractivity contribution in [1.82, 2.24) is 10.2 Å². The summed E-state index contributed by atoms with van der Waals surface area (Å²) in [6.07, 6.45) is 1.35. The number of likely N-dealkylation sites (tertiary alicyclic amines) is 1. The highest BCUT2D eigenvalue weighted by Crippen LogP contribution is 2.19. The van der Waals surface area contributed by atoms with E-state index in [-0.39, 0.29) is 17.9 Å². The van der Waals surface area contributed by atoms with Crippen LogP contribution in [-0.4, -0.2) is 43.1 Å². The largest absolute Gasteiger partial charge is 0.492 e. The van der Waals surface area contributed by atoms with Crippen molar-refractivity contribution in [2.75, 3.05) is 31.6 Å². The first-order valence-corrected chi connectivity index (χ1v) is 9.70. The molecule has 0 radical (unpaired) electrons. The SMILES string of the molecule is Cc1ccc(OCCNC(=O)N2CCC(C(=O)Nc3ccccc3)CC2)cc1. The first kappa shape index (κ1) is 19.7. The van der Waals surface area contributed by atoms with Crippen molar-refractivity contribution in [3.8, 4) is 5.75 Å². The minimum absolute atomic E-state index is 0.0257. The summed E-state index contributed by atoms with van der Waals surface area (Å²) in [6.45, 7) is 4.05. The van der Waals surface area contributed by atoms with Crippen LogP contribution < -0.4 is 15.4 Å². The van der Waals surface area contributed by atoms with Crippen LogP contribution in [0.4, 0.5) is 10.5 Å². The zero-order chi connectivity index (χ0) is 19.8. The van der Waals surface area contributed by atoms with Gasteiger partial charge in [-0.05, 0) is 44.0 Å². The molecule has 2 N–H and O–H groups in total. The Balaban J connectivity index is 1.34. The zero-order valence-corrected chi connectivity index (χ0v) is 16.2. The molecule has 0 atom stereocenters. The molecule has 6 nitrogen and oxygen atoms in total. The Hall–Kier alpha value is -3.02. The van der Waals surface area contributed by atoms with Crippen LogP contribution in [0.15, 0.2) is 54.6 Å². The predicted octanol–water partition coefficient (Wildman–Crippen LogP) is 3.43. The van der Waals surface area contributed by atoms with Gasteiger partial charge in [-0.25, -0.2) is 4.79 Å². The highest BCUT2D eigenvalue weighted by atomic mass is 16.5. The van der Waals surface area contributed by atoms with E-state index in [2.05, 4.69) is 10.6 Å².